The Bertz CT molecular complexity index is 405. The number of alkyl halides is 1. The average Bonchev–Trinajstić information content (AvgIpc) is 2.93. The van der Waals surface area contributed by atoms with E-state index in [1.165, 1.54) is 7.11 Å². The fourth-order valence-corrected chi connectivity index (χ4v) is 1.72. The Morgan fingerprint density at radius 3 is 2.93 bits per heavy atom. The number of ether oxygens (including phenoxy) is 1. The lowest BCUT2D eigenvalue weighted by molar-refractivity contribution is -0.139. The molecule has 0 unspecified atom stereocenters. The number of hydrogen-bond acceptors (Lipinski definition) is 2. The summed E-state index contributed by atoms with van der Waals surface area (Å²) in [6.07, 6.45) is 0.0511. The topological polar surface area (TPSA) is 46.5 Å². The molecule has 0 amide bonds. The molecule has 1 fully saturated rings. The van der Waals surface area contributed by atoms with E-state index in [0.29, 0.717) is 11.3 Å². The lowest BCUT2D eigenvalue weighted by Gasteiger charge is -2.08. The van der Waals surface area contributed by atoms with Gasteiger partial charge < -0.3 is 9.84 Å². The van der Waals surface area contributed by atoms with Crippen molar-refractivity contribution in [3.63, 3.8) is 0 Å². The fraction of sp³-hybridized carbons (Fsp3) is 0.364. The summed E-state index contributed by atoms with van der Waals surface area (Å²) >= 11 is 0. The van der Waals surface area contributed by atoms with Crippen LogP contribution in [0.3, 0.4) is 0 Å². The minimum atomic E-state index is -1.71. The molecule has 4 heteroatoms. The lowest BCUT2D eigenvalue weighted by Crippen LogP contribution is -2.09. The molecule has 1 aromatic rings. The zero-order valence-electron chi connectivity index (χ0n) is 8.24. The number of carboxylic acid groups (broad SMARTS) is 1. The summed E-state index contributed by atoms with van der Waals surface area (Å²) in [5, 5.41) is 8.71. The number of halogens is 1. The fourth-order valence-electron chi connectivity index (χ4n) is 1.72. The number of carbonyl (C=O) groups is 1. The van der Waals surface area contributed by atoms with Gasteiger partial charge in [-0.15, -0.1) is 0 Å². The van der Waals surface area contributed by atoms with Gasteiger partial charge in [0, 0.05) is 6.42 Å². The Morgan fingerprint density at radius 2 is 2.40 bits per heavy atom. The molecule has 1 N–H and O–H groups in total. The van der Waals surface area contributed by atoms with Crippen molar-refractivity contribution in [2.75, 3.05) is 7.11 Å². The van der Waals surface area contributed by atoms with Gasteiger partial charge in [-0.25, -0.2) is 4.39 Å². The van der Waals surface area contributed by atoms with Gasteiger partial charge in [0.25, 0.3) is 0 Å². The minimum Gasteiger partial charge on any atom is -0.497 e. The summed E-state index contributed by atoms with van der Waals surface area (Å²) in [5.41, 5.74) is -1.32. The van der Waals surface area contributed by atoms with E-state index in [2.05, 4.69) is 0 Å². The molecule has 15 heavy (non-hydrogen) atoms. The van der Waals surface area contributed by atoms with Crippen molar-refractivity contribution in [2.45, 2.75) is 12.1 Å². The van der Waals surface area contributed by atoms with Crippen LogP contribution in [0.25, 0.3) is 0 Å². The molecular formula is C11H11FO3. The van der Waals surface area contributed by atoms with Crippen LogP contribution in [-0.2, 0) is 10.5 Å². The van der Waals surface area contributed by atoms with Crippen LogP contribution in [0.1, 0.15) is 12.0 Å². The number of rotatable bonds is 3. The average molecular weight is 210 g/mol. The number of aliphatic carboxylic acids is 1. The predicted octanol–water partition coefficient (Wildman–Crippen LogP) is 1.96. The monoisotopic (exact) mass is 210 g/mol. The van der Waals surface area contributed by atoms with Gasteiger partial charge in [0.15, 0.2) is 5.67 Å². The van der Waals surface area contributed by atoms with Crippen molar-refractivity contribution < 1.29 is 19.0 Å². The highest BCUT2D eigenvalue weighted by atomic mass is 19.1. The second-order valence-corrected chi connectivity index (χ2v) is 3.69. The first-order valence-corrected chi connectivity index (χ1v) is 4.64. The molecule has 0 saturated heterocycles. The van der Waals surface area contributed by atoms with E-state index in [1.807, 2.05) is 0 Å². The van der Waals surface area contributed by atoms with Crippen molar-refractivity contribution in [1.29, 1.82) is 0 Å². The van der Waals surface area contributed by atoms with E-state index < -0.39 is 17.6 Å². The Kier molecular flexibility index (Phi) is 2.14. The largest absolute Gasteiger partial charge is 0.497 e. The van der Waals surface area contributed by atoms with Crippen molar-refractivity contribution in [3.05, 3.63) is 29.8 Å². The van der Waals surface area contributed by atoms with Crippen LogP contribution in [-0.4, -0.2) is 18.2 Å². The molecule has 0 bridgehead atoms. The van der Waals surface area contributed by atoms with E-state index >= 15 is 0 Å². The third-order valence-electron chi connectivity index (χ3n) is 2.74. The summed E-state index contributed by atoms with van der Waals surface area (Å²) < 4.78 is 19.0. The second kappa shape index (κ2) is 3.22. The third kappa shape index (κ3) is 1.56. The summed E-state index contributed by atoms with van der Waals surface area (Å²) in [4.78, 5) is 10.6. The first-order valence-electron chi connectivity index (χ1n) is 4.64. The van der Waals surface area contributed by atoms with Gasteiger partial charge in [0.2, 0.25) is 0 Å². The van der Waals surface area contributed by atoms with Crippen LogP contribution in [0.4, 0.5) is 4.39 Å². The van der Waals surface area contributed by atoms with Crippen LogP contribution >= 0.6 is 0 Å². The molecule has 1 saturated carbocycles. The SMILES string of the molecule is COc1cccc([C@@]2(F)C[C@@H]2C(=O)O)c1. The van der Waals surface area contributed by atoms with Crippen LogP contribution < -0.4 is 4.74 Å². The molecule has 0 spiro atoms. The smallest absolute Gasteiger partial charge is 0.310 e. The maximum absolute atomic E-state index is 14.0. The molecule has 2 atom stereocenters. The Balaban J connectivity index is 2.27. The first kappa shape index (κ1) is 9.96. The molecule has 1 aliphatic carbocycles. The minimum absolute atomic E-state index is 0.0511. The van der Waals surface area contributed by atoms with Crippen LogP contribution in [0.5, 0.6) is 5.75 Å². The van der Waals surface area contributed by atoms with E-state index in [4.69, 9.17) is 9.84 Å². The van der Waals surface area contributed by atoms with Gasteiger partial charge in [0.05, 0.1) is 13.0 Å². The summed E-state index contributed by atoms with van der Waals surface area (Å²) in [6, 6.07) is 6.49. The highest BCUT2D eigenvalue weighted by Crippen LogP contribution is 2.56. The molecular weight excluding hydrogens is 199 g/mol. The lowest BCUT2D eigenvalue weighted by atomic mass is 10.1. The van der Waals surface area contributed by atoms with Crippen molar-refractivity contribution in [1.82, 2.24) is 0 Å². The molecule has 0 radical (unpaired) electrons. The van der Waals surface area contributed by atoms with Gasteiger partial charge in [-0.3, -0.25) is 4.79 Å². The maximum Gasteiger partial charge on any atom is 0.310 e. The molecule has 0 aromatic heterocycles. The summed E-state index contributed by atoms with van der Waals surface area (Å²) in [7, 11) is 1.49. The van der Waals surface area contributed by atoms with E-state index in [9.17, 15) is 9.18 Å². The molecule has 0 aliphatic heterocycles. The van der Waals surface area contributed by atoms with Crippen LogP contribution in [0, 0.1) is 5.92 Å². The van der Waals surface area contributed by atoms with Crippen molar-refractivity contribution in [2.24, 2.45) is 5.92 Å². The number of methoxy groups -OCH3 is 1. The highest BCUT2D eigenvalue weighted by molar-refractivity contribution is 5.76. The zero-order valence-corrected chi connectivity index (χ0v) is 8.24. The first-order chi connectivity index (χ1) is 7.08. The molecule has 80 valence electrons. The Labute approximate surface area is 86.5 Å². The van der Waals surface area contributed by atoms with Gasteiger partial charge >= 0.3 is 5.97 Å². The molecule has 1 aliphatic rings. The van der Waals surface area contributed by atoms with E-state index in [0.717, 1.165) is 0 Å². The zero-order chi connectivity index (χ0) is 11.1. The number of carboxylic acids is 1. The Morgan fingerprint density at radius 1 is 1.67 bits per heavy atom. The van der Waals surface area contributed by atoms with E-state index in [1.54, 1.807) is 24.3 Å². The summed E-state index contributed by atoms with van der Waals surface area (Å²) in [5.74, 6) is -1.45. The molecule has 2 rings (SSSR count). The molecule has 3 nitrogen and oxygen atoms in total. The maximum atomic E-state index is 14.0. The highest BCUT2D eigenvalue weighted by Gasteiger charge is 2.61. The predicted molar refractivity (Wildman–Crippen MR) is 51.5 cm³/mol. The quantitative estimate of drug-likeness (QED) is 0.829. The van der Waals surface area contributed by atoms with Crippen LogP contribution in [0.15, 0.2) is 24.3 Å². The van der Waals surface area contributed by atoms with Gasteiger partial charge in [0.1, 0.15) is 5.75 Å². The normalized spacial score (nSPS) is 28.5. The second-order valence-electron chi connectivity index (χ2n) is 3.69. The summed E-state index contributed by atoms with van der Waals surface area (Å²) in [6.45, 7) is 0. The molecule has 1 aromatic carbocycles. The van der Waals surface area contributed by atoms with Crippen molar-refractivity contribution >= 4 is 5.97 Å². The number of hydrogen-bond donors (Lipinski definition) is 1. The van der Waals surface area contributed by atoms with Gasteiger partial charge in [-0.2, -0.15) is 0 Å². The van der Waals surface area contributed by atoms with E-state index in [-0.39, 0.29) is 6.42 Å². The van der Waals surface area contributed by atoms with Crippen LogP contribution in [0.2, 0.25) is 0 Å². The van der Waals surface area contributed by atoms with Gasteiger partial charge in [-0.1, -0.05) is 12.1 Å². The van der Waals surface area contributed by atoms with Crippen molar-refractivity contribution in [3.8, 4) is 5.75 Å². The Hall–Kier alpha value is -1.58. The standard InChI is InChI=1S/C11H11FO3/c1-15-8-4-2-3-7(5-8)11(12)6-9(11)10(13)14/h2-5,9H,6H2,1H3,(H,13,14)/t9-,11+/m1/s1. The third-order valence-corrected chi connectivity index (χ3v) is 2.74. The number of benzene rings is 1. The van der Waals surface area contributed by atoms with Gasteiger partial charge in [-0.05, 0) is 17.7 Å². The molecule has 0 heterocycles.